The second-order valence-corrected chi connectivity index (χ2v) is 7.26. The minimum atomic E-state index is -0.490. The smallest absolute Gasteiger partial charge is 0.275 e. The van der Waals surface area contributed by atoms with Gasteiger partial charge in [0.1, 0.15) is 24.2 Å². The number of carbonyl (C=O) groups is 1. The molecule has 31 heavy (non-hydrogen) atoms. The van der Waals surface area contributed by atoms with Gasteiger partial charge in [-0.2, -0.15) is 5.10 Å². The fourth-order valence-corrected chi connectivity index (χ4v) is 3.60. The van der Waals surface area contributed by atoms with Gasteiger partial charge < -0.3 is 14.6 Å². The zero-order valence-corrected chi connectivity index (χ0v) is 17.6. The molecule has 0 fully saturated rings. The van der Waals surface area contributed by atoms with Crippen LogP contribution in [0.1, 0.15) is 23.1 Å². The standard InChI is InChI=1S/C23H23N5O3/c1-15-18-6-4-5-7-19(18)23(30)28(26-15)14-20(29)25-21(22-24-12-13-27(22)2)16-8-10-17(31-3)11-9-16/h4-13,21H,14H2,1-3H3,(H,25,29). The van der Waals surface area contributed by atoms with E-state index in [1.54, 1.807) is 25.4 Å². The first-order valence-electron chi connectivity index (χ1n) is 9.85. The summed E-state index contributed by atoms with van der Waals surface area (Å²) in [5.74, 6) is 1.05. The van der Waals surface area contributed by atoms with Crippen LogP contribution in [0.3, 0.4) is 0 Å². The first kappa shape index (κ1) is 20.3. The van der Waals surface area contributed by atoms with Gasteiger partial charge >= 0.3 is 0 Å². The van der Waals surface area contributed by atoms with Gasteiger partial charge in [-0.25, -0.2) is 9.67 Å². The Labute approximate surface area is 179 Å². The molecular weight excluding hydrogens is 394 g/mol. The maximum atomic E-state index is 13.0. The molecule has 0 bridgehead atoms. The molecule has 0 spiro atoms. The molecule has 1 unspecified atom stereocenters. The topological polar surface area (TPSA) is 91.0 Å². The lowest BCUT2D eigenvalue weighted by Gasteiger charge is -2.20. The molecule has 2 aromatic heterocycles. The fourth-order valence-electron chi connectivity index (χ4n) is 3.60. The fraction of sp³-hybridized carbons (Fsp3) is 0.217. The first-order valence-corrected chi connectivity index (χ1v) is 9.85. The van der Waals surface area contributed by atoms with Crippen molar-refractivity contribution in [3.8, 4) is 5.75 Å². The summed E-state index contributed by atoms with van der Waals surface area (Å²) in [5.41, 5.74) is 1.24. The van der Waals surface area contributed by atoms with Crippen molar-refractivity contribution in [1.82, 2.24) is 24.6 Å². The summed E-state index contributed by atoms with van der Waals surface area (Å²) in [7, 11) is 3.47. The van der Waals surface area contributed by atoms with E-state index in [2.05, 4.69) is 15.4 Å². The lowest BCUT2D eigenvalue weighted by Crippen LogP contribution is -2.37. The number of hydrogen-bond donors (Lipinski definition) is 1. The summed E-state index contributed by atoms with van der Waals surface area (Å²) in [4.78, 5) is 30.2. The molecule has 4 aromatic rings. The Morgan fingerprint density at radius 3 is 2.48 bits per heavy atom. The minimum absolute atomic E-state index is 0.193. The van der Waals surface area contributed by atoms with Gasteiger partial charge in [-0.15, -0.1) is 0 Å². The molecular formula is C23H23N5O3. The van der Waals surface area contributed by atoms with Gasteiger partial charge in [0, 0.05) is 24.8 Å². The third-order valence-corrected chi connectivity index (χ3v) is 5.22. The van der Waals surface area contributed by atoms with Crippen molar-refractivity contribution < 1.29 is 9.53 Å². The van der Waals surface area contributed by atoms with E-state index in [0.29, 0.717) is 16.9 Å². The Hall–Kier alpha value is -3.94. The highest BCUT2D eigenvalue weighted by atomic mass is 16.5. The average Bonchev–Trinajstić information content (AvgIpc) is 3.21. The monoisotopic (exact) mass is 417 g/mol. The number of benzene rings is 2. The third-order valence-electron chi connectivity index (χ3n) is 5.22. The molecule has 4 rings (SSSR count). The number of hydrogen-bond acceptors (Lipinski definition) is 5. The number of aromatic nitrogens is 4. The molecule has 1 N–H and O–H groups in total. The van der Waals surface area contributed by atoms with Crippen LogP contribution in [-0.4, -0.2) is 32.3 Å². The van der Waals surface area contributed by atoms with Gasteiger partial charge in [0.05, 0.1) is 18.2 Å². The Bertz CT molecular complexity index is 1290. The Morgan fingerprint density at radius 2 is 1.84 bits per heavy atom. The highest BCUT2D eigenvalue weighted by Gasteiger charge is 2.22. The highest BCUT2D eigenvalue weighted by Crippen LogP contribution is 2.23. The molecule has 0 saturated heterocycles. The van der Waals surface area contributed by atoms with Crippen LogP contribution in [0.2, 0.25) is 0 Å². The largest absolute Gasteiger partial charge is 0.497 e. The van der Waals surface area contributed by atoms with Gasteiger partial charge in [-0.3, -0.25) is 9.59 Å². The van der Waals surface area contributed by atoms with Crippen LogP contribution in [-0.2, 0) is 18.4 Å². The summed E-state index contributed by atoms with van der Waals surface area (Å²) < 4.78 is 8.28. The predicted octanol–water partition coefficient (Wildman–Crippen LogP) is 2.35. The van der Waals surface area contributed by atoms with Crippen molar-refractivity contribution in [2.24, 2.45) is 7.05 Å². The van der Waals surface area contributed by atoms with Gasteiger partial charge in [0.25, 0.3) is 5.56 Å². The number of aryl methyl sites for hydroxylation is 2. The third kappa shape index (κ3) is 4.05. The molecule has 158 valence electrons. The lowest BCUT2D eigenvalue weighted by molar-refractivity contribution is -0.122. The molecule has 0 aliphatic carbocycles. The zero-order chi connectivity index (χ0) is 22.0. The first-order chi connectivity index (χ1) is 15.0. The number of methoxy groups -OCH3 is 1. The molecule has 2 aromatic carbocycles. The number of rotatable bonds is 6. The van der Waals surface area contributed by atoms with Crippen molar-refractivity contribution in [2.75, 3.05) is 7.11 Å². The molecule has 1 amide bonds. The van der Waals surface area contributed by atoms with Crippen LogP contribution in [0.4, 0.5) is 0 Å². The van der Waals surface area contributed by atoms with Crippen molar-refractivity contribution in [3.63, 3.8) is 0 Å². The van der Waals surface area contributed by atoms with Crippen LogP contribution in [0.15, 0.2) is 65.7 Å². The molecule has 8 heteroatoms. The van der Waals surface area contributed by atoms with Crippen LogP contribution < -0.4 is 15.6 Å². The lowest BCUT2D eigenvalue weighted by atomic mass is 10.1. The zero-order valence-electron chi connectivity index (χ0n) is 17.6. The van der Waals surface area contributed by atoms with E-state index in [0.717, 1.165) is 16.7 Å². The summed E-state index contributed by atoms with van der Waals surface area (Å²) in [6, 6.07) is 14.2. The molecule has 0 aliphatic rings. The molecule has 0 aliphatic heterocycles. The summed E-state index contributed by atoms with van der Waals surface area (Å²) >= 11 is 0. The van der Waals surface area contributed by atoms with Crippen molar-refractivity contribution in [2.45, 2.75) is 19.5 Å². The van der Waals surface area contributed by atoms with Crippen LogP contribution in [0.5, 0.6) is 5.75 Å². The maximum absolute atomic E-state index is 13.0. The van der Waals surface area contributed by atoms with E-state index in [4.69, 9.17) is 4.74 Å². The molecule has 8 nitrogen and oxygen atoms in total. The van der Waals surface area contributed by atoms with Gasteiger partial charge in [0.2, 0.25) is 5.91 Å². The van der Waals surface area contributed by atoms with E-state index in [1.165, 1.54) is 4.68 Å². The Morgan fingerprint density at radius 1 is 1.13 bits per heavy atom. The van der Waals surface area contributed by atoms with E-state index in [-0.39, 0.29) is 18.0 Å². The number of nitrogens with one attached hydrogen (secondary N) is 1. The van der Waals surface area contributed by atoms with E-state index in [9.17, 15) is 9.59 Å². The quantitative estimate of drug-likeness (QED) is 0.520. The summed E-state index contributed by atoms with van der Waals surface area (Å²) in [6.07, 6.45) is 3.49. The second-order valence-electron chi connectivity index (χ2n) is 7.26. The number of nitrogens with zero attached hydrogens (tertiary/aromatic N) is 4. The van der Waals surface area contributed by atoms with E-state index in [1.807, 2.05) is 61.1 Å². The number of ether oxygens (including phenoxy) is 1. The number of amides is 1. The summed E-state index contributed by atoms with van der Waals surface area (Å²) in [6.45, 7) is 1.63. The number of carbonyl (C=O) groups excluding carboxylic acids is 1. The van der Waals surface area contributed by atoms with Gasteiger partial charge in [-0.1, -0.05) is 30.3 Å². The predicted molar refractivity (Wildman–Crippen MR) is 117 cm³/mol. The van der Waals surface area contributed by atoms with Crippen molar-refractivity contribution in [1.29, 1.82) is 0 Å². The van der Waals surface area contributed by atoms with Crippen LogP contribution in [0.25, 0.3) is 10.8 Å². The second kappa shape index (κ2) is 8.43. The Balaban J connectivity index is 1.64. The molecule has 0 saturated carbocycles. The van der Waals surface area contributed by atoms with Gasteiger partial charge in [0.15, 0.2) is 0 Å². The van der Waals surface area contributed by atoms with E-state index < -0.39 is 6.04 Å². The molecule has 1 atom stereocenters. The molecule has 0 radical (unpaired) electrons. The van der Waals surface area contributed by atoms with Gasteiger partial charge in [-0.05, 0) is 30.7 Å². The maximum Gasteiger partial charge on any atom is 0.275 e. The minimum Gasteiger partial charge on any atom is -0.497 e. The highest BCUT2D eigenvalue weighted by molar-refractivity contribution is 5.83. The summed E-state index contributed by atoms with van der Waals surface area (Å²) in [5, 5.41) is 8.65. The number of imidazole rings is 1. The Kier molecular flexibility index (Phi) is 5.53. The number of fused-ring (bicyclic) bond motifs is 1. The normalized spacial score (nSPS) is 12.0. The average molecular weight is 417 g/mol. The SMILES string of the molecule is COc1ccc(C(NC(=O)Cn2nc(C)c3ccccc3c2=O)c2nccn2C)cc1. The van der Waals surface area contributed by atoms with Crippen LogP contribution in [0, 0.1) is 6.92 Å². The van der Waals surface area contributed by atoms with Crippen molar-refractivity contribution >= 4 is 16.7 Å². The van der Waals surface area contributed by atoms with E-state index >= 15 is 0 Å². The molecule has 2 heterocycles. The van der Waals surface area contributed by atoms with Crippen LogP contribution >= 0.6 is 0 Å². The van der Waals surface area contributed by atoms with Crippen molar-refractivity contribution in [3.05, 3.63) is 88.4 Å².